The molecule has 2 heterocycles. The second-order valence-electron chi connectivity index (χ2n) is 6.63. The molecule has 0 radical (unpaired) electrons. The normalized spacial score (nSPS) is 17.3. The van der Waals surface area contributed by atoms with Crippen molar-refractivity contribution in [3.05, 3.63) is 95.7 Å². The number of hydrogen-bond acceptors (Lipinski definition) is 4. The Morgan fingerprint density at radius 1 is 1.14 bits per heavy atom. The molecule has 1 N–H and O–H groups in total. The number of carbonyl (C=O) groups is 2. The van der Waals surface area contributed by atoms with Gasteiger partial charge in [0.2, 0.25) is 11.8 Å². The first-order chi connectivity index (χ1) is 14.1. The second kappa shape index (κ2) is 8.53. The zero-order valence-electron chi connectivity index (χ0n) is 15.5. The fourth-order valence-corrected chi connectivity index (χ4v) is 4.56. The summed E-state index contributed by atoms with van der Waals surface area (Å²) in [5.41, 5.74) is 1.49. The summed E-state index contributed by atoms with van der Waals surface area (Å²) >= 11 is 1.43. The van der Waals surface area contributed by atoms with E-state index in [2.05, 4.69) is 5.32 Å². The van der Waals surface area contributed by atoms with Crippen molar-refractivity contribution in [3.8, 4) is 0 Å². The highest BCUT2D eigenvalue weighted by molar-refractivity contribution is 8.00. The third-order valence-electron chi connectivity index (χ3n) is 4.72. The average Bonchev–Trinajstić information content (AvgIpc) is 3.39. The van der Waals surface area contributed by atoms with Crippen LogP contribution in [0, 0.1) is 5.82 Å². The van der Waals surface area contributed by atoms with E-state index in [9.17, 15) is 14.0 Å². The molecule has 2 aromatic carbocycles. The number of nitrogens with one attached hydrogen (secondary N) is 1. The number of benzene rings is 2. The monoisotopic (exact) mass is 410 g/mol. The third kappa shape index (κ3) is 4.19. The van der Waals surface area contributed by atoms with Crippen molar-refractivity contribution in [1.82, 2.24) is 10.2 Å². The summed E-state index contributed by atoms with van der Waals surface area (Å²) in [5.74, 6) is 0.117. The van der Waals surface area contributed by atoms with Crippen molar-refractivity contribution < 1.29 is 18.4 Å². The number of halogens is 1. The Morgan fingerprint density at radius 3 is 2.59 bits per heavy atom. The van der Waals surface area contributed by atoms with Gasteiger partial charge in [-0.2, -0.15) is 0 Å². The van der Waals surface area contributed by atoms with Crippen molar-refractivity contribution in [2.75, 3.05) is 5.75 Å². The molecule has 5 nitrogen and oxygen atoms in total. The quantitative estimate of drug-likeness (QED) is 0.666. The molecule has 3 aromatic rings. The summed E-state index contributed by atoms with van der Waals surface area (Å²) in [4.78, 5) is 27.6. The van der Waals surface area contributed by atoms with Gasteiger partial charge in [-0.05, 0) is 35.4 Å². The molecule has 7 heteroatoms. The van der Waals surface area contributed by atoms with Gasteiger partial charge in [-0.1, -0.05) is 42.5 Å². The lowest BCUT2D eigenvalue weighted by molar-refractivity contribution is -0.139. The lowest BCUT2D eigenvalue weighted by Crippen LogP contribution is -2.42. The molecule has 1 fully saturated rings. The topological polar surface area (TPSA) is 62.6 Å². The molecule has 1 aliphatic rings. The lowest BCUT2D eigenvalue weighted by atomic mass is 10.0. The van der Waals surface area contributed by atoms with E-state index in [1.54, 1.807) is 35.4 Å². The number of thioether (sulfide) groups is 1. The van der Waals surface area contributed by atoms with Crippen LogP contribution in [0.4, 0.5) is 4.39 Å². The van der Waals surface area contributed by atoms with Gasteiger partial charge >= 0.3 is 0 Å². The molecule has 1 aromatic heterocycles. The summed E-state index contributed by atoms with van der Waals surface area (Å²) in [6.45, 7) is 0.228. The number of hydrogen-bond donors (Lipinski definition) is 1. The molecule has 0 bridgehead atoms. The maximum atomic E-state index is 13.4. The van der Waals surface area contributed by atoms with Gasteiger partial charge in [0.05, 0.1) is 18.6 Å². The van der Waals surface area contributed by atoms with Crippen LogP contribution in [0.3, 0.4) is 0 Å². The van der Waals surface area contributed by atoms with Gasteiger partial charge in [-0.15, -0.1) is 11.8 Å². The van der Waals surface area contributed by atoms with Gasteiger partial charge in [-0.25, -0.2) is 4.39 Å². The van der Waals surface area contributed by atoms with Gasteiger partial charge in [0, 0.05) is 0 Å². The molecule has 1 aliphatic heterocycles. The maximum Gasteiger partial charge on any atom is 0.247 e. The van der Waals surface area contributed by atoms with Crippen LogP contribution in [0.15, 0.2) is 77.4 Å². The maximum absolute atomic E-state index is 13.4. The number of amides is 2. The number of nitrogens with zero attached hydrogens (tertiary/aromatic N) is 1. The Kier molecular flexibility index (Phi) is 5.67. The van der Waals surface area contributed by atoms with Crippen molar-refractivity contribution in [2.24, 2.45) is 0 Å². The van der Waals surface area contributed by atoms with E-state index in [0.717, 1.165) is 5.56 Å². The number of furan rings is 1. The van der Waals surface area contributed by atoms with E-state index in [1.165, 1.54) is 23.9 Å². The van der Waals surface area contributed by atoms with Crippen LogP contribution in [0.1, 0.15) is 28.3 Å². The second-order valence-corrected chi connectivity index (χ2v) is 7.69. The zero-order valence-corrected chi connectivity index (χ0v) is 16.3. The minimum absolute atomic E-state index is 0.133. The van der Waals surface area contributed by atoms with E-state index in [0.29, 0.717) is 11.3 Å². The standard InChI is InChI=1S/C22H19FN2O3S/c23-17-10-8-16(9-11-17)22-25(19(26)14-29-22)20(15-5-2-1-3-6-15)21(27)24-13-18-7-4-12-28-18/h1-12,20,22H,13-14H2,(H,24,27)/t20-,22+/m0/s1. The first-order valence-corrected chi connectivity index (χ1v) is 10.2. The molecule has 1 saturated heterocycles. The van der Waals surface area contributed by atoms with Crippen molar-refractivity contribution >= 4 is 23.6 Å². The van der Waals surface area contributed by atoms with Crippen molar-refractivity contribution in [1.29, 1.82) is 0 Å². The molecular weight excluding hydrogens is 391 g/mol. The summed E-state index contributed by atoms with van der Waals surface area (Å²) in [6.07, 6.45) is 1.54. The smallest absolute Gasteiger partial charge is 0.247 e. The van der Waals surface area contributed by atoms with Gasteiger partial charge in [0.25, 0.3) is 0 Å². The first-order valence-electron chi connectivity index (χ1n) is 9.17. The first kappa shape index (κ1) is 19.3. The number of rotatable bonds is 6. The predicted molar refractivity (Wildman–Crippen MR) is 108 cm³/mol. The van der Waals surface area contributed by atoms with Gasteiger partial charge in [0.15, 0.2) is 0 Å². The highest BCUT2D eigenvalue weighted by atomic mass is 32.2. The Morgan fingerprint density at radius 2 is 1.90 bits per heavy atom. The minimum Gasteiger partial charge on any atom is -0.467 e. The zero-order chi connectivity index (χ0) is 20.2. The highest BCUT2D eigenvalue weighted by Gasteiger charge is 2.41. The van der Waals surface area contributed by atoms with Crippen LogP contribution in [0.2, 0.25) is 0 Å². The molecule has 4 rings (SSSR count). The van der Waals surface area contributed by atoms with Crippen LogP contribution in [0.5, 0.6) is 0 Å². The van der Waals surface area contributed by atoms with Crippen LogP contribution in [-0.4, -0.2) is 22.5 Å². The summed E-state index contributed by atoms with van der Waals surface area (Å²) in [5, 5.41) is 2.49. The Hall–Kier alpha value is -3.06. The summed E-state index contributed by atoms with van der Waals surface area (Å²) < 4.78 is 18.7. The van der Waals surface area contributed by atoms with Gasteiger partial charge in [-0.3, -0.25) is 9.59 Å². The molecule has 0 spiro atoms. The number of carbonyl (C=O) groups excluding carboxylic acids is 2. The van der Waals surface area contributed by atoms with E-state index >= 15 is 0 Å². The summed E-state index contributed by atoms with van der Waals surface area (Å²) in [7, 11) is 0. The highest BCUT2D eigenvalue weighted by Crippen LogP contribution is 2.43. The molecule has 0 aliphatic carbocycles. The van der Waals surface area contributed by atoms with Gasteiger partial charge in [0.1, 0.15) is 23.0 Å². The van der Waals surface area contributed by atoms with Crippen molar-refractivity contribution in [3.63, 3.8) is 0 Å². The van der Waals surface area contributed by atoms with Gasteiger partial charge < -0.3 is 14.6 Å². The van der Waals surface area contributed by atoms with Crippen LogP contribution in [-0.2, 0) is 16.1 Å². The van der Waals surface area contributed by atoms with Crippen LogP contribution >= 0.6 is 11.8 Å². The fourth-order valence-electron chi connectivity index (χ4n) is 3.36. The van der Waals surface area contributed by atoms with E-state index < -0.39 is 6.04 Å². The van der Waals surface area contributed by atoms with E-state index in [4.69, 9.17) is 4.42 Å². The van der Waals surface area contributed by atoms with E-state index in [-0.39, 0.29) is 35.3 Å². The lowest BCUT2D eigenvalue weighted by Gasteiger charge is -2.32. The third-order valence-corrected chi connectivity index (χ3v) is 5.95. The van der Waals surface area contributed by atoms with E-state index in [1.807, 2.05) is 30.3 Å². The Bertz CT molecular complexity index is 977. The fraction of sp³-hybridized carbons (Fsp3) is 0.182. The van der Waals surface area contributed by atoms with Crippen molar-refractivity contribution in [2.45, 2.75) is 18.0 Å². The molecule has 0 unspecified atom stereocenters. The largest absolute Gasteiger partial charge is 0.467 e. The van der Waals surface area contributed by atoms with Crippen LogP contribution in [0.25, 0.3) is 0 Å². The molecule has 148 valence electrons. The Balaban J connectivity index is 1.66. The van der Waals surface area contributed by atoms with Crippen LogP contribution < -0.4 is 5.32 Å². The predicted octanol–water partition coefficient (Wildman–Crippen LogP) is 4.05. The Labute approximate surface area is 171 Å². The SMILES string of the molecule is O=C(NCc1ccco1)[C@H](c1ccccc1)N1C(=O)CS[C@@H]1c1ccc(F)cc1. The molecular formula is C22H19FN2O3S. The molecule has 0 saturated carbocycles. The average molecular weight is 410 g/mol. The molecule has 29 heavy (non-hydrogen) atoms. The molecule has 2 atom stereocenters. The molecule has 2 amide bonds. The summed E-state index contributed by atoms with van der Waals surface area (Å²) in [6, 6.07) is 18.0. The minimum atomic E-state index is -0.802.